The normalized spacial score (nSPS) is 19.1. The summed E-state index contributed by atoms with van der Waals surface area (Å²) in [5, 5.41) is 1.30. The average Bonchev–Trinajstić information content (AvgIpc) is 2.95. The number of aryl methyl sites for hydroxylation is 1. The summed E-state index contributed by atoms with van der Waals surface area (Å²) in [5.74, 6) is 0.883. The molecule has 2 aliphatic heterocycles. The van der Waals surface area contributed by atoms with Crippen molar-refractivity contribution >= 4 is 28.1 Å². The number of thiocarbonyl (C=S) groups is 1. The number of nitrogens with zero attached hydrogens (tertiary/aromatic N) is 1. The molecule has 0 spiro atoms. The van der Waals surface area contributed by atoms with Crippen molar-refractivity contribution in [3.63, 3.8) is 0 Å². The molecular formula is C19H16N2OS. The Morgan fingerprint density at radius 1 is 1.22 bits per heavy atom. The number of benzene rings is 2. The van der Waals surface area contributed by atoms with Crippen molar-refractivity contribution in [1.82, 2.24) is 9.88 Å². The minimum atomic E-state index is -0.145. The van der Waals surface area contributed by atoms with Crippen LogP contribution in [0.1, 0.15) is 28.6 Å². The first-order valence-corrected chi connectivity index (χ1v) is 8.31. The molecule has 2 aromatic carbocycles. The molecule has 3 heterocycles. The molecule has 1 atom stereocenters. The van der Waals surface area contributed by atoms with Crippen LogP contribution in [0, 0.1) is 6.92 Å². The maximum atomic E-state index is 6.32. The summed E-state index contributed by atoms with van der Waals surface area (Å²) in [5.41, 5.74) is 5.92. The van der Waals surface area contributed by atoms with Gasteiger partial charge < -0.3 is 14.6 Å². The van der Waals surface area contributed by atoms with E-state index in [1.807, 2.05) is 6.07 Å². The smallest absolute Gasteiger partial charge is 0.214 e. The second-order valence-corrected chi connectivity index (χ2v) is 6.67. The van der Waals surface area contributed by atoms with Crippen molar-refractivity contribution in [3.8, 4) is 5.75 Å². The van der Waals surface area contributed by atoms with Gasteiger partial charge in [0.2, 0.25) is 6.23 Å². The van der Waals surface area contributed by atoms with Gasteiger partial charge in [-0.2, -0.15) is 0 Å². The van der Waals surface area contributed by atoms with E-state index in [0.29, 0.717) is 0 Å². The van der Waals surface area contributed by atoms with Gasteiger partial charge in [0.1, 0.15) is 10.7 Å². The first-order valence-electron chi connectivity index (χ1n) is 7.90. The Morgan fingerprint density at radius 3 is 3.00 bits per heavy atom. The molecule has 0 saturated carbocycles. The van der Waals surface area contributed by atoms with Gasteiger partial charge in [-0.15, -0.1) is 0 Å². The lowest BCUT2D eigenvalue weighted by Crippen LogP contribution is -2.45. The Hall–Kier alpha value is -2.33. The third-order valence-electron chi connectivity index (χ3n) is 4.84. The van der Waals surface area contributed by atoms with Crippen LogP contribution in [-0.2, 0) is 6.42 Å². The van der Waals surface area contributed by atoms with Crippen LogP contribution in [0.3, 0.4) is 0 Å². The maximum absolute atomic E-state index is 6.32. The average molecular weight is 320 g/mol. The zero-order chi connectivity index (χ0) is 15.6. The van der Waals surface area contributed by atoms with E-state index < -0.39 is 0 Å². The third-order valence-corrected chi connectivity index (χ3v) is 5.30. The molecule has 114 valence electrons. The fraction of sp³-hybridized carbons (Fsp3) is 0.211. The van der Waals surface area contributed by atoms with E-state index in [2.05, 4.69) is 53.2 Å². The summed E-state index contributed by atoms with van der Waals surface area (Å²) in [6.45, 7) is 2.98. The Labute approximate surface area is 139 Å². The molecule has 0 radical (unpaired) electrons. The molecule has 1 N–H and O–H groups in total. The quantitative estimate of drug-likeness (QED) is 0.632. The number of para-hydroxylation sites is 1. The molecule has 0 aliphatic carbocycles. The van der Waals surface area contributed by atoms with Gasteiger partial charge in [0.25, 0.3) is 0 Å². The number of aromatic nitrogens is 1. The minimum Gasteiger partial charge on any atom is -0.464 e. The summed E-state index contributed by atoms with van der Waals surface area (Å²) >= 11 is 5.76. The highest BCUT2D eigenvalue weighted by Gasteiger charge is 2.38. The largest absolute Gasteiger partial charge is 0.464 e. The molecule has 3 aromatic rings. The maximum Gasteiger partial charge on any atom is 0.214 e. The first kappa shape index (κ1) is 13.1. The zero-order valence-electron chi connectivity index (χ0n) is 12.8. The topological polar surface area (TPSA) is 28.3 Å². The summed E-state index contributed by atoms with van der Waals surface area (Å²) in [7, 11) is 0. The number of hydrogen-bond acceptors (Lipinski definition) is 2. The van der Waals surface area contributed by atoms with E-state index in [9.17, 15) is 0 Å². The molecule has 0 amide bonds. The van der Waals surface area contributed by atoms with Crippen molar-refractivity contribution in [2.45, 2.75) is 19.6 Å². The number of nitrogens with one attached hydrogen (secondary N) is 1. The SMILES string of the molecule is Cc1ccc2c(c1)C(=S)N1CCc3c([nH]c4ccccc34)C1O2. The van der Waals surface area contributed by atoms with Crippen molar-refractivity contribution < 1.29 is 4.74 Å². The molecule has 2 aliphatic rings. The van der Waals surface area contributed by atoms with Gasteiger partial charge in [0.15, 0.2) is 0 Å². The fourth-order valence-corrected chi connectivity index (χ4v) is 4.07. The Kier molecular flexibility index (Phi) is 2.62. The van der Waals surface area contributed by atoms with Crippen LogP contribution in [0.2, 0.25) is 0 Å². The standard InChI is InChI=1S/C19H16N2OS/c1-11-6-7-16-14(10-11)19(23)21-9-8-13-12-4-2-3-5-15(12)20-17(13)18(21)22-16/h2-7,10,18,20H,8-9H2,1H3. The van der Waals surface area contributed by atoms with E-state index in [1.165, 1.54) is 22.0 Å². The van der Waals surface area contributed by atoms with Crippen LogP contribution in [0.25, 0.3) is 10.9 Å². The van der Waals surface area contributed by atoms with Gasteiger partial charge in [-0.3, -0.25) is 0 Å². The molecule has 0 fully saturated rings. The molecule has 1 aromatic heterocycles. The molecule has 4 heteroatoms. The summed E-state index contributed by atoms with van der Waals surface area (Å²) < 4.78 is 6.32. The van der Waals surface area contributed by atoms with Gasteiger partial charge in [-0.25, -0.2) is 0 Å². The van der Waals surface area contributed by atoms with Crippen LogP contribution in [0.15, 0.2) is 42.5 Å². The van der Waals surface area contributed by atoms with Crippen molar-refractivity contribution in [2.24, 2.45) is 0 Å². The molecular weight excluding hydrogens is 304 g/mol. The van der Waals surface area contributed by atoms with Crippen LogP contribution in [0.5, 0.6) is 5.75 Å². The Morgan fingerprint density at radius 2 is 2.09 bits per heavy atom. The number of hydrogen-bond donors (Lipinski definition) is 1. The van der Waals surface area contributed by atoms with Crippen LogP contribution >= 0.6 is 12.2 Å². The number of ether oxygens (including phenoxy) is 1. The second-order valence-electron chi connectivity index (χ2n) is 6.28. The number of H-pyrrole nitrogens is 1. The number of aromatic amines is 1. The lowest BCUT2D eigenvalue weighted by Gasteiger charge is -2.41. The third kappa shape index (κ3) is 1.78. The first-order chi connectivity index (χ1) is 11.2. The highest BCUT2D eigenvalue weighted by molar-refractivity contribution is 7.80. The Balaban J connectivity index is 1.69. The van der Waals surface area contributed by atoms with Gasteiger partial charge >= 0.3 is 0 Å². The van der Waals surface area contributed by atoms with Gasteiger partial charge in [0, 0.05) is 17.4 Å². The van der Waals surface area contributed by atoms with Crippen molar-refractivity contribution in [1.29, 1.82) is 0 Å². The van der Waals surface area contributed by atoms with Crippen molar-refractivity contribution in [3.05, 3.63) is 64.8 Å². The predicted octanol–water partition coefficient (Wildman–Crippen LogP) is 4.10. The van der Waals surface area contributed by atoms with E-state index in [-0.39, 0.29) is 6.23 Å². The summed E-state index contributed by atoms with van der Waals surface area (Å²) in [6.07, 6.45) is 0.842. The summed E-state index contributed by atoms with van der Waals surface area (Å²) in [6, 6.07) is 14.7. The minimum absolute atomic E-state index is 0.145. The Bertz CT molecular complexity index is 959. The highest BCUT2D eigenvalue weighted by atomic mass is 32.1. The lowest BCUT2D eigenvalue weighted by atomic mass is 9.99. The lowest BCUT2D eigenvalue weighted by molar-refractivity contribution is 0.0582. The van der Waals surface area contributed by atoms with Gasteiger partial charge in [-0.1, -0.05) is 42.0 Å². The van der Waals surface area contributed by atoms with Gasteiger partial charge in [-0.05, 0) is 37.1 Å². The van der Waals surface area contributed by atoms with Crippen LogP contribution < -0.4 is 4.74 Å². The van der Waals surface area contributed by atoms with Gasteiger partial charge in [0.05, 0.1) is 11.3 Å². The van der Waals surface area contributed by atoms with E-state index in [1.54, 1.807) is 0 Å². The van der Waals surface area contributed by atoms with E-state index >= 15 is 0 Å². The highest BCUT2D eigenvalue weighted by Crippen LogP contribution is 2.41. The number of rotatable bonds is 0. The monoisotopic (exact) mass is 320 g/mol. The molecule has 5 rings (SSSR count). The van der Waals surface area contributed by atoms with Crippen LogP contribution in [0.4, 0.5) is 0 Å². The molecule has 1 unspecified atom stereocenters. The second kappa shape index (κ2) is 4.59. The predicted molar refractivity (Wildman–Crippen MR) is 95.0 cm³/mol. The van der Waals surface area contributed by atoms with Crippen LogP contribution in [-0.4, -0.2) is 21.4 Å². The van der Waals surface area contributed by atoms with Crippen molar-refractivity contribution in [2.75, 3.05) is 6.54 Å². The zero-order valence-corrected chi connectivity index (χ0v) is 13.6. The fourth-order valence-electron chi connectivity index (χ4n) is 3.73. The molecule has 23 heavy (non-hydrogen) atoms. The number of fused-ring (bicyclic) bond motifs is 6. The van der Waals surface area contributed by atoms with E-state index in [4.69, 9.17) is 17.0 Å². The summed E-state index contributed by atoms with van der Waals surface area (Å²) in [4.78, 5) is 6.65. The molecule has 0 bridgehead atoms. The van der Waals surface area contributed by atoms with E-state index in [0.717, 1.165) is 35.0 Å². The molecule has 0 saturated heterocycles. The molecule has 3 nitrogen and oxygen atoms in total.